The fraction of sp³-hybridized carbons (Fsp3) is 0.348. The number of methoxy groups -OCH3 is 1. The summed E-state index contributed by atoms with van der Waals surface area (Å²) in [5, 5.41) is 10.0. The second-order valence-corrected chi connectivity index (χ2v) is 8.77. The Labute approximate surface area is 186 Å². The molecule has 0 bridgehead atoms. The number of benzene rings is 1. The van der Waals surface area contributed by atoms with E-state index in [9.17, 15) is 0 Å². The number of imidazole rings is 1. The molecule has 4 aromatic rings. The standard InChI is InChI=1S/C23H26N6OS/c1-17-10-11-21-24-18(15-28(21)14-17)16-31-23-26-25-22(27-12-6-3-7-13-27)29(23)19-8-4-5-9-20(19)30-2/h4-5,8-11,14-15H,3,6-7,12-13,16H2,1-2H3. The van der Waals surface area contributed by atoms with E-state index in [1.807, 2.05) is 18.2 Å². The van der Waals surface area contributed by atoms with Gasteiger partial charge in [-0.2, -0.15) is 0 Å². The molecule has 4 heterocycles. The van der Waals surface area contributed by atoms with Crippen molar-refractivity contribution >= 4 is 23.4 Å². The molecule has 160 valence electrons. The molecule has 5 rings (SSSR count). The number of nitrogens with zero attached hydrogens (tertiary/aromatic N) is 6. The Bertz CT molecular complexity index is 1190. The molecule has 1 aromatic carbocycles. The highest BCUT2D eigenvalue weighted by molar-refractivity contribution is 7.98. The molecular formula is C23H26N6OS. The lowest BCUT2D eigenvalue weighted by molar-refractivity contribution is 0.412. The van der Waals surface area contributed by atoms with Gasteiger partial charge in [-0.1, -0.05) is 30.0 Å². The van der Waals surface area contributed by atoms with Crippen LogP contribution < -0.4 is 9.64 Å². The number of piperidine rings is 1. The van der Waals surface area contributed by atoms with Crippen LogP contribution in [0.1, 0.15) is 30.5 Å². The minimum absolute atomic E-state index is 0.716. The summed E-state index contributed by atoms with van der Waals surface area (Å²) in [6, 6.07) is 12.2. The van der Waals surface area contributed by atoms with Crippen LogP contribution in [0.4, 0.5) is 5.95 Å². The SMILES string of the molecule is COc1ccccc1-n1c(SCc2cn3cc(C)ccc3n2)nnc1N1CCCCC1. The van der Waals surface area contributed by atoms with Gasteiger partial charge < -0.3 is 14.0 Å². The molecule has 0 spiro atoms. The van der Waals surface area contributed by atoms with E-state index in [4.69, 9.17) is 9.72 Å². The van der Waals surface area contributed by atoms with Crippen molar-refractivity contribution in [3.05, 3.63) is 60.0 Å². The molecule has 1 aliphatic rings. The highest BCUT2D eigenvalue weighted by Gasteiger charge is 2.23. The van der Waals surface area contributed by atoms with Crippen molar-refractivity contribution in [2.75, 3.05) is 25.1 Å². The number of fused-ring (bicyclic) bond motifs is 1. The number of hydrogen-bond acceptors (Lipinski definition) is 6. The van der Waals surface area contributed by atoms with Crippen LogP contribution in [0.2, 0.25) is 0 Å². The third-order valence-corrected chi connectivity index (χ3v) is 6.54. The number of para-hydroxylation sites is 2. The van der Waals surface area contributed by atoms with Crippen molar-refractivity contribution in [3.63, 3.8) is 0 Å². The van der Waals surface area contributed by atoms with E-state index < -0.39 is 0 Å². The number of pyridine rings is 1. The molecule has 1 fully saturated rings. The first-order valence-corrected chi connectivity index (χ1v) is 11.6. The molecule has 0 saturated carbocycles. The Hall–Kier alpha value is -3.00. The van der Waals surface area contributed by atoms with Crippen molar-refractivity contribution in [1.29, 1.82) is 0 Å². The lowest BCUT2D eigenvalue weighted by atomic mass is 10.1. The van der Waals surface area contributed by atoms with Crippen LogP contribution in [-0.2, 0) is 5.75 Å². The first-order chi connectivity index (χ1) is 15.2. The summed E-state index contributed by atoms with van der Waals surface area (Å²) in [7, 11) is 1.70. The molecule has 0 atom stereocenters. The molecule has 0 radical (unpaired) electrons. The zero-order valence-corrected chi connectivity index (χ0v) is 18.7. The minimum atomic E-state index is 0.716. The van der Waals surface area contributed by atoms with Crippen molar-refractivity contribution in [2.45, 2.75) is 37.1 Å². The average Bonchev–Trinajstić information content (AvgIpc) is 3.41. The van der Waals surface area contributed by atoms with Gasteiger partial charge in [-0.15, -0.1) is 10.2 Å². The van der Waals surface area contributed by atoms with E-state index in [0.717, 1.165) is 47.0 Å². The maximum absolute atomic E-state index is 5.66. The Morgan fingerprint density at radius 3 is 2.68 bits per heavy atom. The summed E-state index contributed by atoms with van der Waals surface area (Å²) in [5.41, 5.74) is 4.15. The highest BCUT2D eigenvalue weighted by Crippen LogP contribution is 2.33. The Balaban J connectivity index is 1.49. The molecule has 0 unspecified atom stereocenters. The first-order valence-electron chi connectivity index (χ1n) is 10.6. The smallest absolute Gasteiger partial charge is 0.232 e. The number of thioether (sulfide) groups is 1. The largest absolute Gasteiger partial charge is 0.495 e. The van der Waals surface area contributed by atoms with Gasteiger partial charge in [0.05, 0.1) is 18.5 Å². The monoisotopic (exact) mass is 434 g/mol. The van der Waals surface area contributed by atoms with Crippen molar-refractivity contribution in [1.82, 2.24) is 24.1 Å². The predicted molar refractivity (Wildman–Crippen MR) is 123 cm³/mol. The minimum Gasteiger partial charge on any atom is -0.495 e. The first kappa shape index (κ1) is 19.9. The second-order valence-electron chi connectivity index (χ2n) is 7.83. The Morgan fingerprint density at radius 2 is 1.84 bits per heavy atom. The van der Waals surface area contributed by atoms with Crippen molar-refractivity contribution < 1.29 is 4.74 Å². The summed E-state index contributed by atoms with van der Waals surface area (Å²) in [4.78, 5) is 7.09. The van der Waals surface area contributed by atoms with Gasteiger partial charge in [0.1, 0.15) is 11.4 Å². The molecule has 0 aliphatic carbocycles. The van der Waals surface area contributed by atoms with E-state index in [1.165, 1.54) is 24.8 Å². The molecule has 31 heavy (non-hydrogen) atoms. The van der Waals surface area contributed by atoms with Gasteiger partial charge in [0, 0.05) is 31.2 Å². The fourth-order valence-electron chi connectivity index (χ4n) is 4.04. The molecule has 1 aliphatic heterocycles. The molecular weight excluding hydrogens is 408 g/mol. The number of aromatic nitrogens is 5. The van der Waals surface area contributed by atoms with Gasteiger partial charge >= 0.3 is 0 Å². The second kappa shape index (κ2) is 8.63. The molecule has 7 nitrogen and oxygen atoms in total. The number of rotatable bonds is 6. The van der Waals surface area contributed by atoms with Crippen LogP contribution in [0.15, 0.2) is 53.9 Å². The normalized spacial score (nSPS) is 14.3. The van der Waals surface area contributed by atoms with E-state index >= 15 is 0 Å². The van der Waals surface area contributed by atoms with E-state index in [-0.39, 0.29) is 0 Å². The van der Waals surface area contributed by atoms with Crippen LogP contribution in [0.25, 0.3) is 11.3 Å². The average molecular weight is 435 g/mol. The summed E-state index contributed by atoms with van der Waals surface area (Å²) in [5.74, 6) is 2.41. The van der Waals surface area contributed by atoms with Gasteiger partial charge in [0.2, 0.25) is 5.95 Å². The fourth-order valence-corrected chi connectivity index (χ4v) is 4.87. The van der Waals surface area contributed by atoms with Crippen LogP contribution in [0, 0.1) is 6.92 Å². The predicted octanol–water partition coefficient (Wildman–Crippen LogP) is 4.51. The van der Waals surface area contributed by atoms with Crippen LogP contribution in [0.5, 0.6) is 5.75 Å². The Kier molecular flexibility index (Phi) is 5.55. The molecule has 3 aromatic heterocycles. The maximum atomic E-state index is 5.66. The van der Waals surface area contributed by atoms with Crippen LogP contribution >= 0.6 is 11.8 Å². The summed E-state index contributed by atoms with van der Waals surface area (Å²) in [6.45, 7) is 4.10. The zero-order valence-electron chi connectivity index (χ0n) is 17.9. The number of anilines is 1. The third kappa shape index (κ3) is 3.99. The third-order valence-electron chi connectivity index (χ3n) is 5.58. The number of aryl methyl sites for hydroxylation is 1. The van der Waals surface area contributed by atoms with Gasteiger partial charge in [-0.3, -0.25) is 4.57 Å². The molecule has 0 N–H and O–H groups in total. The van der Waals surface area contributed by atoms with Gasteiger partial charge in [0.15, 0.2) is 5.16 Å². The molecule has 1 saturated heterocycles. The van der Waals surface area contributed by atoms with Gasteiger partial charge in [0.25, 0.3) is 0 Å². The summed E-state index contributed by atoms with van der Waals surface area (Å²) < 4.78 is 9.87. The Morgan fingerprint density at radius 1 is 1.00 bits per heavy atom. The van der Waals surface area contributed by atoms with E-state index in [2.05, 4.69) is 61.6 Å². The van der Waals surface area contributed by atoms with Crippen molar-refractivity contribution in [3.8, 4) is 11.4 Å². The molecule has 8 heteroatoms. The maximum Gasteiger partial charge on any atom is 0.232 e. The van der Waals surface area contributed by atoms with Gasteiger partial charge in [-0.05, 0) is 49.9 Å². The number of hydrogen-bond donors (Lipinski definition) is 0. The van der Waals surface area contributed by atoms with E-state index in [0.29, 0.717) is 5.75 Å². The topological polar surface area (TPSA) is 60.5 Å². The van der Waals surface area contributed by atoms with Gasteiger partial charge in [-0.25, -0.2) is 4.98 Å². The molecule has 0 amide bonds. The van der Waals surface area contributed by atoms with Crippen LogP contribution in [-0.4, -0.2) is 44.3 Å². The van der Waals surface area contributed by atoms with Crippen LogP contribution in [0.3, 0.4) is 0 Å². The van der Waals surface area contributed by atoms with Crippen molar-refractivity contribution in [2.24, 2.45) is 0 Å². The highest BCUT2D eigenvalue weighted by atomic mass is 32.2. The lowest BCUT2D eigenvalue weighted by Crippen LogP contribution is -2.31. The summed E-state index contributed by atoms with van der Waals surface area (Å²) in [6.07, 6.45) is 7.82. The number of ether oxygens (including phenoxy) is 1. The zero-order chi connectivity index (χ0) is 21.2. The summed E-state index contributed by atoms with van der Waals surface area (Å²) >= 11 is 1.65. The lowest BCUT2D eigenvalue weighted by Gasteiger charge is -2.28. The quantitative estimate of drug-likeness (QED) is 0.416. The van der Waals surface area contributed by atoms with E-state index in [1.54, 1.807) is 18.9 Å².